The van der Waals surface area contributed by atoms with E-state index in [0.29, 0.717) is 6.54 Å². The summed E-state index contributed by atoms with van der Waals surface area (Å²) in [5.41, 5.74) is 3.30. The zero-order valence-corrected chi connectivity index (χ0v) is 12.3. The van der Waals surface area contributed by atoms with Gasteiger partial charge in [0.05, 0.1) is 0 Å². The van der Waals surface area contributed by atoms with Gasteiger partial charge in [0.1, 0.15) is 11.6 Å². The topological polar surface area (TPSA) is 64.9 Å². The predicted molar refractivity (Wildman–Crippen MR) is 81.2 cm³/mol. The Labute approximate surface area is 120 Å². The Hall–Kier alpha value is -2.28. The molecule has 20 heavy (non-hydrogen) atoms. The van der Waals surface area contributed by atoms with Crippen LogP contribution in [0.3, 0.4) is 0 Å². The van der Waals surface area contributed by atoms with Gasteiger partial charge in [-0.15, -0.1) is 0 Å². The first kappa shape index (κ1) is 15.8. The van der Waals surface area contributed by atoms with E-state index >= 15 is 0 Å². The van der Waals surface area contributed by atoms with Gasteiger partial charge in [0.2, 0.25) is 0 Å². The Kier molecular flexibility index (Phi) is 6.31. The van der Waals surface area contributed by atoms with Crippen molar-refractivity contribution < 1.29 is 4.79 Å². The summed E-state index contributed by atoms with van der Waals surface area (Å²) in [5, 5.41) is 14.8. The van der Waals surface area contributed by atoms with Crippen molar-refractivity contribution in [3.63, 3.8) is 0 Å². The Morgan fingerprint density at radius 1 is 1.40 bits per heavy atom. The Balaban J connectivity index is 2.90. The molecule has 4 heteroatoms. The van der Waals surface area contributed by atoms with Gasteiger partial charge in [0.15, 0.2) is 0 Å². The molecule has 0 unspecified atom stereocenters. The molecule has 1 amide bonds. The lowest BCUT2D eigenvalue weighted by atomic mass is 10.1. The van der Waals surface area contributed by atoms with E-state index in [4.69, 9.17) is 5.26 Å². The minimum absolute atomic E-state index is 0.0868. The van der Waals surface area contributed by atoms with E-state index in [1.807, 2.05) is 38.1 Å². The Bertz CT molecular complexity index is 541. The fraction of sp³-hybridized carbons (Fsp3) is 0.375. The van der Waals surface area contributed by atoms with Crippen molar-refractivity contribution in [1.82, 2.24) is 5.32 Å². The van der Waals surface area contributed by atoms with Crippen LogP contribution in [-0.2, 0) is 11.2 Å². The molecule has 0 spiro atoms. The second-order valence-corrected chi connectivity index (χ2v) is 4.53. The van der Waals surface area contributed by atoms with E-state index in [1.54, 1.807) is 0 Å². The van der Waals surface area contributed by atoms with Crippen LogP contribution in [0.1, 0.15) is 31.4 Å². The molecule has 1 aromatic carbocycles. The highest BCUT2D eigenvalue weighted by Gasteiger charge is 2.08. The quantitative estimate of drug-likeness (QED) is 0.617. The molecule has 106 valence electrons. The summed E-state index contributed by atoms with van der Waals surface area (Å²) in [5.74, 6) is -0.339. The number of carbonyl (C=O) groups excluding carboxylic acids is 1. The predicted octanol–water partition coefficient (Wildman–Crippen LogP) is 2.90. The van der Waals surface area contributed by atoms with E-state index < -0.39 is 0 Å². The minimum Gasteiger partial charge on any atom is -0.360 e. The number of nitrogens with zero attached hydrogens (tertiary/aromatic N) is 1. The molecule has 0 bridgehead atoms. The van der Waals surface area contributed by atoms with Crippen LogP contribution in [0.4, 0.5) is 5.69 Å². The number of benzene rings is 1. The fourth-order valence-corrected chi connectivity index (χ4v) is 1.86. The molecular weight excluding hydrogens is 250 g/mol. The summed E-state index contributed by atoms with van der Waals surface area (Å²) in [7, 11) is 0. The van der Waals surface area contributed by atoms with Crippen LogP contribution in [-0.4, -0.2) is 12.5 Å². The second kappa shape index (κ2) is 8.00. The van der Waals surface area contributed by atoms with Crippen molar-refractivity contribution in [1.29, 1.82) is 5.26 Å². The molecule has 0 saturated carbocycles. The van der Waals surface area contributed by atoms with E-state index in [-0.39, 0.29) is 11.5 Å². The molecule has 1 rings (SSSR count). The zero-order valence-electron chi connectivity index (χ0n) is 12.3. The molecule has 0 aromatic heterocycles. The van der Waals surface area contributed by atoms with Crippen molar-refractivity contribution in [2.75, 3.05) is 11.9 Å². The SMILES string of the molecule is CCCNC(=O)/C(C#N)=C\Nc1c(C)cccc1CC. The molecule has 0 aliphatic heterocycles. The van der Waals surface area contributed by atoms with E-state index in [9.17, 15) is 4.79 Å². The van der Waals surface area contributed by atoms with Crippen LogP contribution in [0.5, 0.6) is 0 Å². The van der Waals surface area contributed by atoms with Crippen molar-refractivity contribution in [3.05, 3.63) is 41.1 Å². The smallest absolute Gasteiger partial charge is 0.263 e. The maximum Gasteiger partial charge on any atom is 0.263 e. The minimum atomic E-state index is -0.339. The summed E-state index contributed by atoms with van der Waals surface area (Å²) in [6.07, 6.45) is 3.21. The van der Waals surface area contributed by atoms with Crippen molar-refractivity contribution in [2.45, 2.75) is 33.6 Å². The highest BCUT2D eigenvalue weighted by atomic mass is 16.1. The number of nitriles is 1. The molecule has 4 nitrogen and oxygen atoms in total. The number of aryl methyl sites for hydroxylation is 2. The number of hydrogen-bond acceptors (Lipinski definition) is 3. The van der Waals surface area contributed by atoms with Gasteiger partial charge in [-0.2, -0.15) is 5.26 Å². The van der Waals surface area contributed by atoms with E-state index in [2.05, 4.69) is 17.6 Å². The van der Waals surface area contributed by atoms with Gasteiger partial charge in [-0.3, -0.25) is 4.79 Å². The number of anilines is 1. The fourth-order valence-electron chi connectivity index (χ4n) is 1.86. The third kappa shape index (κ3) is 4.13. The summed E-state index contributed by atoms with van der Waals surface area (Å²) in [6, 6.07) is 7.96. The summed E-state index contributed by atoms with van der Waals surface area (Å²) >= 11 is 0. The number of para-hydroxylation sites is 1. The number of rotatable bonds is 6. The molecule has 0 fully saturated rings. The number of nitrogens with one attached hydrogen (secondary N) is 2. The zero-order chi connectivity index (χ0) is 15.0. The van der Waals surface area contributed by atoms with Gasteiger partial charge in [-0.1, -0.05) is 32.0 Å². The lowest BCUT2D eigenvalue weighted by Crippen LogP contribution is -2.25. The van der Waals surface area contributed by atoms with Crippen molar-refractivity contribution in [2.24, 2.45) is 0 Å². The van der Waals surface area contributed by atoms with Crippen LogP contribution in [0.2, 0.25) is 0 Å². The van der Waals surface area contributed by atoms with E-state index in [0.717, 1.165) is 29.7 Å². The standard InChI is InChI=1S/C16H21N3O/c1-4-9-18-16(20)14(10-17)11-19-15-12(3)7-6-8-13(15)5-2/h6-8,11,19H,4-5,9H2,1-3H3,(H,18,20)/b14-11-. The van der Waals surface area contributed by atoms with E-state index in [1.165, 1.54) is 6.20 Å². The van der Waals surface area contributed by atoms with Crippen LogP contribution in [0.15, 0.2) is 30.0 Å². The molecule has 1 aromatic rings. The molecule has 2 N–H and O–H groups in total. The Morgan fingerprint density at radius 2 is 2.15 bits per heavy atom. The molecule has 0 radical (unpaired) electrons. The highest BCUT2D eigenvalue weighted by Crippen LogP contribution is 2.21. The largest absolute Gasteiger partial charge is 0.360 e. The van der Waals surface area contributed by atoms with Crippen LogP contribution in [0.25, 0.3) is 0 Å². The first-order valence-corrected chi connectivity index (χ1v) is 6.87. The summed E-state index contributed by atoms with van der Waals surface area (Å²) in [4.78, 5) is 11.8. The summed E-state index contributed by atoms with van der Waals surface area (Å²) in [6.45, 7) is 6.61. The Morgan fingerprint density at radius 3 is 2.75 bits per heavy atom. The lowest BCUT2D eigenvalue weighted by molar-refractivity contribution is -0.117. The van der Waals surface area contributed by atoms with Gasteiger partial charge in [-0.25, -0.2) is 0 Å². The third-order valence-corrected chi connectivity index (χ3v) is 3.00. The average molecular weight is 271 g/mol. The molecule has 0 aliphatic rings. The normalized spacial score (nSPS) is 10.8. The summed E-state index contributed by atoms with van der Waals surface area (Å²) < 4.78 is 0. The molecule has 0 saturated heterocycles. The van der Waals surface area contributed by atoms with Gasteiger partial charge in [-0.05, 0) is 30.9 Å². The van der Waals surface area contributed by atoms with Crippen molar-refractivity contribution >= 4 is 11.6 Å². The van der Waals surface area contributed by atoms with Gasteiger partial charge < -0.3 is 10.6 Å². The van der Waals surface area contributed by atoms with Gasteiger partial charge in [0, 0.05) is 18.4 Å². The first-order chi connectivity index (χ1) is 9.63. The number of carbonyl (C=O) groups is 1. The van der Waals surface area contributed by atoms with Crippen LogP contribution < -0.4 is 10.6 Å². The van der Waals surface area contributed by atoms with Gasteiger partial charge in [0.25, 0.3) is 5.91 Å². The molecule has 0 atom stereocenters. The molecule has 0 aliphatic carbocycles. The second-order valence-electron chi connectivity index (χ2n) is 4.53. The monoisotopic (exact) mass is 271 g/mol. The van der Waals surface area contributed by atoms with Crippen molar-refractivity contribution in [3.8, 4) is 6.07 Å². The maximum atomic E-state index is 11.8. The van der Waals surface area contributed by atoms with Crippen LogP contribution >= 0.6 is 0 Å². The average Bonchev–Trinajstić information content (AvgIpc) is 2.46. The lowest BCUT2D eigenvalue weighted by Gasteiger charge is -2.11. The first-order valence-electron chi connectivity index (χ1n) is 6.87. The van der Waals surface area contributed by atoms with Crippen LogP contribution in [0, 0.1) is 18.3 Å². The third-order valence-electron chi connectivity index (χ3n) is 3.00. The van der Waals surface area contributed by atoms with Gasteiger partial charge >= 0.3 is 0 Å². The number of amides is 1. The molecule has 0 heterocycles. The maximum absolute atomic E-state index is 11.8. The molecular formula is C16H21N3O. The number of hydrogen-bond donors (Lipinski definition) is 2. The highest BCUT2D eigenvalue weighted by molar-refractivity contribution is 5.97.